The van der Waals surface area contributed by atoms with Crippen LogP contribution in [0.5, 0.6) is 0 Å². The van der Waals surface area contributed by atoms with Gasteiger partial charge in [0.05, 0.1) is 0 Å². The highest BCUT2D eigenvalue weighted by Gasteiger charge is 2.32. The maximum atomic E-state index is 8.32. The zero-order valence-corrected chi connectivity index (χ0v) is 20.2. The molecule has 5 rings (SSSR count). The van der Waals surface area contributed by atoms with Crippen molar-refractivity contribution in [1.29, 1.82) is 0 Å². The van der Waals surface area contributed by atoms with E-state index in [-0.39, 0.29) is 5.92 Å². The van der Waals surface area contributed by atoms with Crippen LogP contribution >= 0.6 is 0 Å². The van der Waals surface area contributed by atoms with Crippen LogP contribution in [0.15, 0.2) is 79.0 Å². The predicted molar refractivity (Wildman–Crippen MR) is 139 cm³/mol. The number of nitrogens with zero attached hydrogens (tertiary/aromatic N) is 1. The van der Waals surface area contributed by atoms with Crippen LogP contribution in [0.25, 0.3) is 22.4 Å². The molecule has 1 heterocycles. The van der Waals surface area contributed by atoms with Gasteiger partial charge in [-0.1, -0.05) is 81.4 Å². The van der Waals surface area contributed by atoms with E-state index in [0.29, 0.717) is 17.4 Å². The minimum Gasteiger partial charge on any atom is -0.201 e. The number of hydrogen-bond donors (Lipinski definition) is 0. The van der Waals surface area contributed by atoms with E-state index in [4.69, 9.17) is 4.11 Å². The van der Waals surface area contributed by atoms with Gasteiger partial charge in [-0.2, -0.15) is 0 Å². The minimum absolute atomic E-state index is 0.277. The maximum Gasteiger partial charge on any atom is 0.213 e. The molecule has 0 spiro atoms. The van der Waals surface area contributed by atoms with Crippen molar-refractivity contribution in [3.8, 4) is 22.4 Å². The molecule has 0 saturated carbocycles. The second-order valence-corrected chi connectivity index (χ2v) is 9.83. The van der Waals surface area contributed by atoms with Crippen LogP contribution in [0, 0.1) is 19.7 Å². The summed E-state index contributed by atoms with van der Waals surface area (Å²) < 4.78 is 26.9. The average molecular weight is 436 g/mol. The van der Waals surface area contributed by atoms with E-state index in [1.165, 1.54) is 22.3 Å². The quantitative estimate of drug-likeness (QED) is 0.290. The highest BCUT2D eigenvalue weighted by molar-refractivity contribution is 5.74. The third-order valence-corrected chi connectivity index (χ3v) is 7.36. The van der Waals surface area contributed by atoms with Crippen LogP contribution in [-0.2, 0) is 7.05 Å². The van der Waals surface area contributed by atoms with Crippen molar-refractivity contribution in [2.24, 2.45) is 13.0 Å². The van der Waals surface area contributed by atoms with E-state index in [2.05, 4.69) is 88.4 Å². The van der Waals surface area contributed by atoms with Crippen LogP contribution < -0.4 is 4.57 Å². The fraction of sp³-hybridized carbons (Fsp3) is 0.281. The Hall–Kier alpha value is -3.19. The van der Waals surface area contributed by atoms with Gasteiger partial charge in [-0.25, -0.2) is 4.57 Å². The highest BCUT2D eigenvalue weighted by Crippen LogP contribution is 2.47. The number of aryl methyl sites for hydroxylation is 3. The van der Waals surface area contributed by atoms with Gasteiger partial charge in [0.2, 0.25) is 5.69 Å². The third-order valence-electron chi connectivity index (χ3n) is 7.36. The summed E-state index contributed by atoms with van der Waals surface area (Å²) in [7, 11) is 1.93. The molecule has 0 aliphatic heterocycles. The Morgan fingerprint density at radius 2 is 1.48 bits per heavy atom. The van der Waals surface area contributed by atoms with Crippen molar-refractivity contribution < 1.29 is 8.68 Å². The zero-order valence-electron chi connectivity index (χ0n) is 23.2. The van der Waals surface area contributed by atoms with Gasteiger partial charge < -0.3 is 0 Å². The van der Waals surface area contributed by atoms with Gasteiger partial charge in [0.15, 0.2) is 6.20 Å². The van der Waals surface area contributed by atoms with Gasteiger partial charge in [-0.3, -0.25) is 0 Å². The summed E-state index contributed by atoms with van der Waals surface area (Å²) in [5.41, 5.74) is 10.9. The summed E-state index contributed by atoms with van der Waals surface area (Å²) in [4.78, 5) is 0. The molecule has 0 bridgehead atoms. The SMILES string of the molecule is [2H]C([2H])([2H])c1c[n+](C)c(-c2ccccc2C)cc1-c1ccc2c(c1)C(C(C)C)c1ccccc1C2C. The summed E-state index contributed by atoms with van der Waals surface area (Å²) in [6.07, 6.45) is 1.79. The van der Waals surface area contributed by atoms with Gasteiger partial charge in [0, 0.05) is 33.1 Å². The molecular weight excluding hydrogens is 398 g/mol. The molecule has 1 heteroatoms. The number of pyridine rings is 1. The Kier molecular flexibility index (Phi) is 4.59. The number of hydrogen-bond acceptors (Lipinski definition) is 0. The van der Waals surface area contributed by atoms with Crippen LogP contribution in [0.2, 0.25) is 0 Å². The zero-order chi connectivity index (χ0) is 25.8. The molecule has 0 radical (unpaired) electrons. The van der Waals surface area contributed by atoms with E-state index >= 15 is 0 Å². The first-order valence-corrected chi connectivity index (χ1v) is 11.9. The lowest BCUT2D eigenvalue weighted by Gasteiger charge is -2.35. The van der Waals surface area contributed by atoms with Crippen molar-refractivity contribution in [2.75, 3.05) is 0 Å². The van der Waals surface area contributed by atoms with Crippen LogP contribution in [0.3, 0.4) is 0 Å². The monoisotopic (exact) mass is 435 g/mol. The molecule has 1 aliphatic carbocycles. The Labute approximate surface area is 203 Å². The van der Waals surface area contributed by atoms with E-state index in [0.717, 1.165) is 27.9 Å². The number of rotatable bonds is 3. The molecule has 0 amide bonds. The molecule has 33 heavy (non-hydrogen) atoms. The maximum absolute atomic E-state index is 8.32. The van der Waals surface area contributed by atoms with E-state index < -0.39 is 6.85 Å². The Morgan fingerprint density at radius 1 is 0.788 bits per heavy atom. The second kappa shape index (κ2) is 8.30. The normalized spacial score (nSPS) is 18.8. The number of benzene rings is 3. The summed E-state index contributed by atoms with van der Waals surface area (Å²) >= 11 is 0. The van der Waals surface area contributed by atoms with E-state index in [9.17, 15) is 0 Å². The minimum atomic E-state index is -2.22. The lowest BCUT2D eigenvalue weighted by molar-refractivity contribution is -0.660. The Bertz CT molecular complexity index is 1450. The largest absolute Gasteiger partial charge is 0.213 e. The fourth-order valence-corrected chi connectivity index (χ4v) is 5.66. The van der Waals surface area contributed by atoms with Crippen molar-refractivity contribution in [3.05, 3.63) is 112 Å². The first kappa shape index (κ1) is 18.3. The third kappa shape index (κ3) is 3.60. The first-order valence-electron chi connectivity index (χ1n) is 13.4. The molecule has 4 aromatic rings. The van der Waals surface area contributed by atoms with E-state index in [1.54, 1.807) is 6.20 Å². The summed E-state index contributed by atoms with van der Waals surface area (Å²) in [6.45, 7) is 6.71. The van der Waals surface area contributed by atoms with Gasteiger partial charge in [0.1, 0.15) is 7.05 Å². The molecule has 0 fully saturated rings. The Morgan fingerprint density at radius 3 is 2.21 bits per heavy atom. The molecule has 3 aromatic carbocycles. The van der Waals surface area contributed by atoms with Crippen LogP contribution in [0.4, 0.5) is 0 Å². The van der Waals surface area contributed by atoms with Gasteiger partial charge in [-0.15, -0.1) is 0 Å². The standard InChI is InChI=1S/C32H34N/c1-20(2)32-28-14-10-9-13-26(28)23(5)27-16-15-24(17-30(27)32)29-18-31(33(6)19-22(29)4)25-12-8-7-11-21(25)3/h7-20,23,32H,1-6H3/q+1/i4D3. The molecular formula is C32H34N+. The smallest absolute Gasteiger partial charge is 0.201 e. The van der Waals surface area contributed by atoms with Gasteiger partial charge >= 0.3 is 0 Å². The van der Waals surface area contributed by atoms with Gasteiger partial charge in [-0.05, 0) is 64.7 Å². The fourth-order valence-electron chi connectivity index (χ4n) is 5.66. The van der Waals surface area contributed by atoms with Gasteiger partial charge in [0.25, 0.3) is 0 Å². The predicted octanol–water partition coefficient (Wildman–Crippen LogP) is 7.72. The van der Waals surface area contributed by atoms with Crippen molar-refractivity contribution in [2.45, 2.75) is 46.4 Å². The molecule has 0 saturated heterocycles. The molecule has 2 atom stereocenters. The molecule has 166 valence electrons. The van der Waals surface area contributed by atoms with Crippen molar-refractivity contribution in [3.63, 3.8) is 0 Å². The average Bonchev–Trinajstić information content (AvgIpc) is 2.83. The number of aromatic nitrogens is 1. The number of fused-ring (bicyclic) bond motifs is 2. The Balaban J connectivity index is 1.75. The lowest BCUT2D eigenvalue weighted by Crippen LogP contribution is -2.31. The molecule has 1 aliphatic rings. The summed E-state index contributed by atoms with van der Waals surface area (Å²) in [5, 5.41) is 0. The summed E-state index contributed by atoms with van der Waals surface area (Å²) in [6, 6.07) is 25.7. The molecule has 1 nitrogen and oxygen atoms in total. The highest BCUT2D eigenvalue weighted by atomic mass is 14.9. The first-order chi connectivity index (χ1) is 17.1. The molecule has 0 N–H and O–H groups in total. The van der Waals surface area contributed by atoms with Crippen LogP contribution in [0.1, 0.15) is 70.1 Å². The lowest BCUT2D eigenvalue weighted by atomic mass is 9.69. The second-order valence-electron chi connectivity index (χ2n) is 9.83. The van der Waals surface area contributed by atoms with Crippen molar-refractivity contribution >= 4 is 0 Å². The van der Waals surface area contributed by atoms with E-state index in [1.807, 2.05) is 23.7 Å². The summed E-state index contributed by atoms with van der Waals surface area (Å²) in [5.74, 6) is 1.00. The van der Waals surface area contributed by atoms with Crippen molar-refractivity contribution in [1.82, 2.24) is 0 Å². The topological polar surface area (TPSA) is 3.88 Å². The van der Waals surface area contributed by atoms with Crippen LogP contribution in [-0.4, -0.2) is 0 Å². The molecule has 1 aromatic heterocycles. The molecule has 2 unspecified atom stereocenters.